The van der Waals surface area contributed by atoms with Crippen molar-refractivity contribution in [3.8, 4) is 5.75 Å². The lowest BCUT2D eigenvalue weighted by molar-refractivity contribution is -0.142. The smallest absolute Gasteiger partial charge is 0.417 e. The standard InChI is InChI=1S/C38H33Cl2F3N4O8/c39-22-7-5-20(6-8-22)37-27(34(52)47(36(37)54)45-32-28(40)16-21(18-44-32)38(41,42)43)17-26-24(31(37)19-3-9-23(10-4-19)55-15-14-48)11-12-25-30(26)35(53)46(33(25)51)13-1-2-29(49)50/h3-11,16,18,25-27,30-31,48H,1-2,12-15,17H2,(H,44,45)(H,49,50)/t25-,26+,27-,30-,31-,37+/m0/s1. The number of hydrogen-bond donors (Lipinski definition) is 3. The molecule has 12 nitrogen and oxygen atoms in total. The highest BCUT2D eigenvalue weighted by Gasteiger charge is 2.70. The number of benzene rings is 2. The molecule has 0 radical (unpaired) electrons. The van der Waals surface area contributed by atoms with Gasteiger partial charge in [-0.05, 0) is 66.6 Å². The van der Waals surface area contributed by atoms with Gasteiger partial charge in [0.1, 0.15) is 12.4 Å². The van der Waals surface area contributed by atoms with E-state index < -0.39 is 81.4 Å². The zero-order valence-corrected chi connectivity index (χ0v) is 30.3. The minimum Gasteiger partial charge on any atom is -0.491 e. The fourth-order valence-electron chi connectivity index (χ4n) is 8.75. The molecule has 2 saturated heterocycles. The molecule has 4 aliphatic rings. The van der Waals surface area contributed by atoms with Crippen LogP contribution in [0.1, 0.15) is 48.3 Å². The molecule has 3 N–H and O–H groups in total. The van der Waals surface area contributed by atoms with E-state index in [0.717, 1.165) is 4.90 Å². The highest BCUT2D eigenvalue weighted by Crippen LogP contribution is 2.64. The van der Waals surface area contributed by atoms with Gasteiger partial charge in [0, 0.05) is 30.1 Å². The van der Waals surface area contributed by atoms with Gasteiger partial charge in [-0.3, -0.25) is 34.3 Å². The number of nitrogens with one attached hydrogen (secondary N) is 1. The first-order valence-electron chi connectivity index (χ1n) is 17.4. The van der Waals surface area contributed by atoms with Crippen molar-refractivity contribution in [3.05, 3.63) is 99.2 Å². The van der Waals surface area contributed by atoms with E-state index in [-0.39, 0.29) is 51.3 Å². The number of carboxylic acid groups (broad SMARTS) is 1. The molecule has 0 spiro atoms. The molecule has 7 rings (SSSR count). The Morgan fingerprint density at radius 1 is 1.00 bits per heavy atom. The molecule has 0 unspecified atom stereocenters. The second kappa shape index (κ2) is 14.6. The number of aliphatic carboxylic acids is 1. The summed E-state index contributed by atoms with van der Waals surface area (Å²) in [6.07, 6.45) is -2.52. The number of nitrogens with zero attached hydrogens (tertiary/aromatic N) is 3. The largest absolute Gasteiger partial charge is 0.491 e. The number of likely N-dealkylation sites (tertiary alicyclic amines) is 1. The Labute approximate surface area is 321 Å². The topological polar surface area (TPSA) is 166 Å². The van der Waals surface area contributed by atoms with Crippen LogP contribution in [0.5, 0.6) is 5.75 Å². The van der Waals surface area contributed by atoms with Gasteiger partial charge in [-0.15, -0.1) is 0 Å². The lowest BCUT2D eigenvalue weighted by atomic mass is 9.49. The van der Waals surface area contributed by atoms with E-state index in [1.807, 2.05) is 6.08 Å². The molecule has 2 aliphatic carbocycles. The first-order valence-corrected chi connectivity index (χ1v) is 18.2. The van der Waals surface area contributed by atoms with Crippen LogP contribution in [0.2, 0.25) is 10.0 Å². The zero-order valence-electron chi connectivity index (χ0n) is 28.8. The lowest BCUT2D eigenvalue weighted by Gasteiger charge is -2.50. The number of carbonyl (C=O) groups is 5. The maximum absolute atomic E-state index is 15.2. The van der Waals surface area contributed by atoms with Crippen molar-refractivity contribution in [1.82, 2.24) is 14.9 Å². The summed E-state index contributed by atoms with van der Waals surface area (Å²) in [4.78, 5) is 73.9. The second-order valence-corrected chi connectivity index (χ2v) is 14.7. The molecule has 2 aromatic carbocycles. The van der Waals surface area contributed by atoms with E-state index in [9.17, 15) is 37.5 Å². The quantitative estimate of drug-likeness (QED) is 0.164. The summed E-state index contributed by atoms with van der Waals surface area (Å²) in [6, 6.07) is 13.7. The molecule has 6 atom stereocenters. The summed E-state index contributed by atoms with van der Waals surface area (Å²) >= 11 is 12.5. The van der Waals surface area contributed by atoms with Gasteiger partial charge in [-0.2, -0.15) is 18.2 Å². The first kappa shape index (κ1) is 38.3. The van der Waals surface area contributed by atoms with Crippen molar-refractivity contribution in [2.75, 3.05) is 25.2 Å². The van der Waals surface area contributed by atoms with Crippen LogP contribution in [0.4, 0.5) is 19.0 Å². The van der Waals surface area contributed by atoms with E-state index in [2.05, 4.69) is 10.4 Å². The number of hydrazine groups is 1. The van der Waals surface area contributed by atoms with Gasteiger partial charge >= 0.3 is 12.1 Å². The molecule has 4 amide bonds. The van der Waals surface area contributed by atoms with E-state index in [1.165, 1.54) is 0 Å². The number of hydrogen-bond acceptors (Lipinski definition) is 9. The Bertz CT molecular complexity index is 2100. The Morgan fingerprint density at radius 3 is 2.35 bits per heavy atom. The molecule has 3 heterocycles. The van der Waals surface area contributed by atoms with Crippen molar-refractivity contribution < 1.29 is 52.1 Å². The average Bonchev–Trinajstić information content (AvgIpc) is 3.52. The summed E-state index contributed by atoms with van der Waals surface area (Å²) < 4.78 is 45.9. The van der Waals surface area contributed by atoms with Crippen molar-refractivity contribution in [2.45, 2.75) is 43.2 Å². The lowest BCUT2D eigenvalue weighted by Crippen LogP contribution is -2.53. The molecule has 0 bridgehead atoms. The van der Waals surface area contributed by atoms with Gasteiger partial charge in [0.25, 0.3) is 11.8 Å². The molecule has 55 heavy (non-hydrogen) atoms. The number of pyridine rings is 1. The van der Waals surface area contributed by atoms with Crippen LogP contribution in [0.15, 0.2) is 72.4 Å². The number of aliphatic hydroxyl groups is 1. The van der Waals surface area contributed by atoms with Gasteiger partial charge < -0.3 is 14.9 Å². The van der Waals surface area contributed by atoms with E-state index in [1.54, 1.807) is 48.5 Å². The normalized spacial score (nSPS) is 26.1. The fourth-order valence-corrected chi connectivity index (χ4v) is 9.09. The number of carboxylic acids is 1. The van der Waals surface area contributed by atoms with Gasteiger partial charge in [0.2, 0.25) is 11.8 Å². The number of ether oxygens (including phenoxy) is 1. The van der Waals surface area contributed by atoms with Crippen LogP contribution in [-0.2, 0) is 35.6 Å². The van der Waals surface area contributed by atoms with Gasteiger partial charge in [0.15, 0.2) is 5.82 Å². The number of allylic oxidation sites excluding steroid dienone is 2. The number of anilines is 1. The van der Waals surface area contributed by atoms with Gasteiger partial charge in [0.05, 0.1) is 40.4 Å². The molecular formula is C38H33Cl2F3N4O8. The number of carbonyl (C=O) groups excluding carboxylic acids is 4. The van der Waals surface area contributed by atoms with Gasteiger partial charge in [-0.1, -0.05) is 59.1 Å². The number of rotatable bonds is 11. The van der Waals surface area contributed by atoms with Crippen molar-refractivity contribution in [1.29, 1.82) is 0 Å². The molecule has 1 aromatic heterocycles. The Hall–Kier alpha value is -4.99. The molecule has 2 aliphatic heterocycles. The van der Waals surface area contributed by atoms with Crippen molar-refractivity contribution in [2.24, 2.45) is 23.7 Å². The van der Waals surface area contributed by atoms with E-state index in [0.29, 0.717) is 44.7 Å². The molecule has 3 fully saturated rings. The summed E-state index contributed by atoms with van der Waals surface area (Å²) in [6.45, 7) is -0.310. The zero-order chi connectivity index (χ0) is 39.4. The molecular weight excluding hydrogens is 768 g/mol. The van der Waals surface area contributed by atoms with Crippen LogP contribution in [0.25, 0.3) is 0 Å². The highest BCUT2D eigenvalue weighted by molar-refractivity contribution is 6.33. The third-order valence-corrected chi connectivity index (χ3v) is 11.5. The van der Waals surface area contributed by atoms with Crippen LogP contribution in [0, 0.1) is 23.7 Å². The first-order chi connectivity index (χ1) is 26.2. The SMILES string of the molecule is O=C(O)CCCN1C(=O)[C@H]2[C@H](CC=C3[C@H]2C[C@H]2C(=O)N(Nc4ncc(C(F)(F)F)cc4Cl)C(=O)[C@@]2(c2ccc(Cl)cc2)[C@H]3c2ccc(OCCO)cc2)C1=O. The molecule has 1 saturated carbocycles. The van der Waals surface area contributed by atoms with Crippen LogP contribution in [-0.4, -0.2) is 74.5 Å². The summed E-state index contributed by atoms with van der Waals surface area (Å²) in [5, 5.41) is 19.0. The van der Waals surface area contributed by atoms with Gasteiger partial charge in [-0.25, -0.2) is 4.98 Å². The monoisotopic (exact) mass is 800 g/mol. The number of fused-ring (bicyclic) bond motifs is 4. The second-order valence-electron chi connectivity index (χ2n) is 13.9. The fraction of sp³-hybridized carbons (Fsp3) is 0.368. The van der Waals surface area contributed by atoms with Crippen LogP contribution >= 0.6 is 23.2 Å². The minimum atomic E-state index is -4.76. The number of aliphatic hydroxyl groups excluding tert-OH is 1. The van der Waals surface area contributed by atoms with Crippen LogP contribution in [0.3, 0.4) is 0 Å². The van der Waals surface area contributed by atoms with Crippen LogP contribution < -0.4 is 10.2 Å². The molecule has 3 aromatic rings. The Morgan fingerprint density at radius 2 is 1.71 bits per heavy atom. The number of imide groups is 2. The maximum Gasteiger partial charge on any atom is 0.417 e. The summed E-state index contributed by atoms with van der Waals surface area (Å²) in [5.41, 5.74) is 1.32. The summed E-state index contributed by atoms with van der Waals surface area (Å²) in [5.74, 6) is -8.03. The Kier molecular flexibility index (Phi) is 10.2. The number of aromatic nitrogens is 1. The number of halogens is 5. The third kappa shape index (κ3) is 6.51. The third-order valence-electron chi connectivity index (χ3n) is 11.0. The minimum absolute atomic E-state index is 0.0170. The van der Waals surface area contributed by atoms with Crippen molar-refractivity contribution in [3.63, 3.8) is 0 Å². The maximum atomic E-state index is 15.2. The highest BCUT2D eigenvalue weighted by atomic mass is 35.5. The molecule has 17 heteroatoms. The number of alkyl halides is 3. The van der Waals surface area contributed by atoms with E-state index >= 15 is 4.79 Å². The number of amides is 4. The Balaban J connectivity index is 1.38. The summed E-state index contributed by atoms with van der Waals surface area (Å²) in [7, 11) is 0. The molecule has 288 valence electrons. The predicted octanol–water partition coefficient (Wildman–Crippen LogP) is 5.63. The van der Waals surface area contributed by atoms with E-state index in [4.69, 9.17) is 33.0 Å². The predicted molar refractivity (Wildman–Crippen MR) is 189 cm³/mol. The average molecular weight is 802 g/mol. The van der Waals surface area contributed by atoms with Crippen molar-refractivity contribution >= 4 is 58.6 Å².